The van der Waals surface area contributed by atoms with Gasteiger partial charge in [0.05, 0.1) is 6.54 Å². The third kappa shape index (κ3) is 3.56. The van der Waals surface area contributed by atoms with Crippen molar-refractivity contribution in [3.05, 3.63) is 39.2 Å². The summed E-state index contributed by atoms with van der Waals surface area (Å²) in [5, 5.41) is 3.21. The summed E-state index contributed by atoms with van der Waals surface area (Å²) in [6, 6.07) is 1.47. The van der Waals surface area contributed by atoms with Crippen LogP contribution in [0, 0.1) is 20.8 Å². The van der Waals surface area contributed by atoms with Gasteiger partial charge in [0.15, 0.2) is 0 Å². The summed E-state index contributed by atoms with van der Waals surface area (Å²) in [5.41, 5.74) is 2.45. The fourth-order valence-electron chi connectivity index (χ4n) is 1.88. The van der Waals surface area contributed by atoms with Crippen molar-refractivity contribution in [3.8, 4) is 0 Å². The third-order valence-corrected chi connectivity index (χ3v) is 3.12. The number of nitrogens with zero attached hydrogens (tertiary/aromatic N) is 4. The number of H-pyrrole nitrogens is 1. The fourth-order valence-corrected chi connectivity index (χ4v) is 1.88. The predicted molar refractivity (Wildman–Crippen MR) is 82.8 cm³/mol. The van der Waals surface area contributed by atoms with Crippen LogP contribution >= 0.6 is 0 Å². The standard InChI is InChI=1S/C14H20N6O/c1-8-6-12(21)18-11(16-8)7-15-13-9(2)10(3)17-14(19-13)20(4)5/h6H,7H2,1-5H3,(H,15,17,19)(H,16,18,21). The van der Waals surface area contributed by atoms with Crippen molar-refractivity contribution in [2.24, 2.45) is 0 Å². The van der Waals surface area contributed by atoms with E-state index >= 15 is 0 Å². The molecule has 0 aromatic carbocycles. The SMILES string of the molecule is Cc1cc(=O)[nH]c(CNc2nc(N(C)C)nc(C)c2C)n1. The van der Waals surface area contributed by atoms with E-state index in [1.54, 1.807) is 6.92 Å². The molecule has 0 unspecified atom stereocenters. The van der Waals surface area contributed by atoms with Gasteiger partial charge in [-0.25, -0.2) is 9.97 Å². The van der Waals surface area contributed by atoms with E-state index in [-0.39, 0.29) is 5.56 Å². The summed E-state index contributed by atoms with van der Waals surface area (Å²) in [6.45, 7) is 6.11. The second-order valence-corrected chi connectivity index (χ2v) is 5.16. The van der Waals surface area contributed by atoms with Crippen LogP contribution < -0.4 is 15.8 Å². The van der Waals surface area contributed by atoms with Gasteiger partial charge in [0.1, 0.15) is 11.6 Å². The molecule has 7 heteroatoms. The highest BCUT2D eigenvalue weighted by atomic mass is 16.1. The van der Waals surface area contributed by atoms with E-state index < -0.39 is 0 Å². The molecule has 0 bridgehead atoms. The topological polar surface area (TPSA) is 86.8 Å². The van der Waals surface area contributed by atoms with Gasteiger partial charge in [-0.05, 0) is 20.8 Å². The first-order valence-electron chi connectivity index (χ1n) is 6.70. The van der Waals surface area contributed by atoms with Crippen LogP contribution in [0.5, 0.6) is 0 Å². The number of aryl methyl sites for hydroxylation is 2. The van der Waals surface area contributed by atoms with Crippen molar-refractivity contribution in [1.82, 2.24) is 19.9 Å². The van der Waals surface area contributed by atoms with Crippen LogP contribution in [0.1, 0.15) is 22.8 Å². The van der Waals surface area contributed by atoms with E-state index in [9.17, 15) is 4.79 Å². The molecule has 2 aromatic heterocycles. The van der Waals surface area contributed by atoms with E-state index in [1.807, 2.05) is 32.8 Å². The normalized spacial score (nSPS) is 10.5. The van der Waals surface area contributed by atoms with E-state index in [0.717, 1.165) is 17.1 Å². The quantitative estimate of drug-likeness (QED) is 0.878. The van der Waals surface area contributed by atoms with Gasteiger partial charge in [-0.1, -0.05) is 0 Å². The molecule has 0 radical (unpaired) electrons. The Morgan fingerprint density at radius 2 is 1.90 bits per heavy atom. The number of nitrogens with one attached hydrogen (secondary N) is 2. The minimum absolute atomic E-state index is 0.149. The number of hydrogen-bond acceptors (Lipinski definition) is 6. The van der Waals surface area contributed by atoms with Gasteiger partial charge in [0.2, 0.25) is 5.95 Å². The highest BCUT2D eigenvalue weighted by molar-refractivity contribution is 5.50. The van der Waals surface area contributed by atoms with Gasteiger partial charge < -0.3 is 15.2 Å². The molecule has 2 heterocycles. The Bertz CT molecular complexity index is 707. The van der Waals surface area contributed by atoms with Crippen LogP contribution in [0.15, 0.2) is 10.9 Å². The lowest BCUT2D eigenvalue weighted by Crippen LogP contribution is -2.17. The van der Waals surface area contributed by atoms with Crippen LogP contribution in [0.2, 0.25) is 0 Å². The maximum Gasteiger partial charge on any atom is 0.251 e. The zero-order valence-electron chi connectivity index (χ0n) is 13.0. The van der Waals surface area contributed by atoms with Crippen LogP contribution in [-0.4, -0.2) is 34.0 Å². The van der Waals surface area contributed by atoms with Gasteiger partial charge >= 0.3 is 0 Å². The van der Waals surface area contributed by atoms with Crippen molar-refractivity contribution in [1.29, 1.82) is 0 Å². The average molecular weight is 288 g/mol. The largest absolute Gasteiger partial charge is 0.362 e. The van der Waals surface area contributed by atoms with Crippen molar-refractivity contribution >= 4 is 11.8 Å². The van der Waals surface area contributed by atoms with E-state index in [2.05, 4.69) is 25.3 Å². The smallest absolute Gasteiger partial charge is 0.251 e. The number of hydrogen-bond donors (Lipinski definition) is 2. The molecule has 0 aliphatic rings. The van der Waals surface area contributed by atoms with Gasteiger partial charge in [-0.15, -0.1) is 0 Å². The molecule has 0 saturated carbocycles. The van der Waals surface area contributed by atoms with Gasteiger partial charge in [-0.2, -0.15) is 4.98 Å². The minimum Gasteiger partial charge on any atom is -0.362 e. The first-order chi connectivity index (χ1) is 9.86. The lowest BCUT2D eigenvalue weighted by Gasteiger charge is -2.15. The Morgan fingerprint density at radius 1 is 1.19 bits per heavy atom. The summed E-state index contributed by atoms with van der Waals surface area (Å²) in [5.74, 6) is 1.98. The molecule has 2 rings (SSSR count). The van der Waals surface area contributed by atoms with Crippen LogP contribution in [0.25, 0.3) is 0 Å². The summed E-state index contributed by atoms with van der Waals surface area (Å²) < 4.78 is 0. The Hall–Kier alpha value is -2.44. The zero-order valence-corrected chi connectivity index (χ0v) is 13.0. The van der Waals surface area contributed by atoms with Crippen LogP contribution in [0.3, 0.4) is 0 Å². The van der Waals surface area contributed by atoms with Crippen molar-refractivity contribution in [2.75, 3.05) is 24.3 Å². The predicted octanol–water partition coefficient (Wildman–Crippen LogP) is 1.16. The summed E-state index contributed by atoms with van der Waals surface area (Å²) in [6.07, 6.45) is 0. The van der Waals surface area contributed by atoms with Gasteiger partial charge in [-0.3, -0.25) is 4.79 Å². The first-order valence-corrected chi connectivity index (χ1v) is 6.70. The number of aromatic nitrogens is 4. The highest BCUT2D eigenvalue weighted by Crippen LogP contribution is 2.18. The first kappa shape index (κ1) is 15.0. The summed E-state index contributed by atoms with van der Waals surface area (Å²) >= 11 is 0. The highest BCUT2D eigenvalue weighted by Gasteiger charge is 2.09. The lowest BCUT2D eigenvalue weighted by atomic mass is 10.2. The van der Waals surface area contributed by atoms with E-state index in [1.165, 1.54) is 6.07 Å². The number of aromatic amines is 1. The van der Waals surface area contributed by atoms with Crippen molar-refractivity contribution in [3.63, 3.8) is 0 Å². The molecule has 0 saturated heterocycles. The molecule has 0 fully saturated rings. The molecule has 0 amide bonds. The van der Waals surface area contributed by atoms with E-state index in [0.29, 0.717) is 24.0 Å². The monoisotopic (exact) mass is 288 g/mol. The van der Waals surface area contributed by atoms with Gasteiger partial charge in [0.25, 0.3) is 5.56 Å². The Labute approximate surface area is 123 Å². The molecule has 0 aliphatic carbocycles. The molecule has 7 nitrogen and oxygen atoms in total. The molecular formula is C14H20N6O. The lowest BCUT2D eigenvalue weighted by molar-refractivity contribution is 0.890. The maximum absolute atomic E-state index is 11.4. The van der Waals surface area contributed by atoms with Crippen molar-refractivity contribution < 1.29 is 0 Å². The molecule has 0 aliphatic heterocycles. The van der Waals surface area contributed by atoms with Crippen molar-refractivity contribution in [2.45, 2.75) is 27.3 Å². The number of anilines is 2. The third-order valence-electron chi connectivity index (χ3n) is 3.12. The molecule has 0 spiro atoms. The number of rotatable bonds is 4. The average Bonchev–Trinajstić information content (AvgIpc) is 2.39. The Morgan fingerprint density at radius 3 is 2.52 bits per heavy atom. The summed E-state index contributed by atoms with van der Waals surface area (Å²) in [7, 11) is 3.79. The fraction of sp³-hybridized carbons (Fsp3) is 0.429. The second kappa shape index (κ2) is 5.90. The Balaban J connectivity index is 2.25. The molecule has 21 heavy (non-hydrogen) atoms. The zero-order chi connectivity index (χ0) is 15.6. The Kier molecular flexibility index (Phi) is 4.21. The summed E-state index contributed by atoms with van der Waals surface area (Å²) in [4.78, 5) is 29.2. The second-order valence-electron chi connectivity index (χ2n) is 5.16. The molecule has 0 atom stereocenters. The van der Waals surface area contributed by atoms with Crippen LogP contribution in [-0.2, 0) is 6.54 Å². The molecule has 2 N–H and O–H groups in total. The molecule has 2 aromatic rings. The molecular weight excluding hydrogens is 268 g/mol. The minimum atomic E-state index is -0.149. The van der Waals surface area contributed by atoms with Gasteiger partial charge in [0, 0.05) is 37.1 Å². The van der Waals surface area contributed by atoms with E-state index in [4.69, 9.17) is 0 Å². The molecule has 112 valence electrons. The maximum atomic E-state index is 11.4. The van der Waals surface area contributed by atoms with Crippen LogP contribution in [0.4, 0.5) is 11.8 Å².